The van der Waals surface area contributed by atoms with Crippen molar-refractivity contribution in [2.24, 2.45) is 5.92 Å². The number of hydrogen-bond donors (Lipinski definition) is 3. The number of amides is 2. The van der Waals surface area contributed by atoms with Crippen molar-refractivity contribution in [1.29, 1.82) is 0 Å². The first-order chi connectivity index (χ1) is 8.75. The van der Waals surface area contributed by atoms with Gasteiger partial charge in [-0.25, -0.2) is 4.79 Å². The van der Waals surface area contributed by atoms with Crippen LogP contribution < -0.4 is 5.32 Å². The molecule has 0 bridgehead atoms. The lowest BCUT2D eigenvalue weighted by Gasteiger charge is -2.26. The summed E-state index contributed by atoms with van der Waals surface area (Å²) in [6, 6.07) is -0.317. The van der Waals surface area contributed by atoms with Crippen LogP contribution in [0, 0.1) is 5.92 Å². The van der Waals surface area contributed by atoms with E-state index in [0.717, 1.165) is 0 Å². The highest BCUT2D eigenvalue weighted by Gasteiger charge is 2.22. The Labute approximate surface area is 114 Å². The van der Waals surface area contributed by atoms with Gasteiger partial charge in [-0.3, -0.25) is 4.79 Å². The lowest BCUT2D eigenvalue weighted by atomic mass is 9.94. The summed E-state index contributed by atoms with van der Waals surface area (Å²) in [4.78, 5) is 23.7. The molecule has 6 nitrogen and oxygen atoms in total. The van der Waals surface area contributed by atoms with Crippen LogP contribution in [0.15, 0.2) is 0 Å². The molecule has 0 heterocycles. The van der Waals surface area contributed by atoms with Gasteiger partial charge in [-0.1, -0.05) is 20.8 Å². The molecule has 0 radical (unpaired) electrons. The summed E-state index contributed by atoms with van der Waals surface area (Å²) in [6.45, 7) is 5.91. The fourth-order valence-electron chi connectivity index (χ4n) is 1.71. The number of nitrogens with one attached hydrogen (secondary N) is 1. The number of hydrogen-bond acceptors (Lipinski definition) is 3. The predicted molar refractivity (Wildman–Crippen MR) is 73.0 cm³/mol. The molecule has 6 heteroatoms. The Kier molecular flexibility index (Phi) is 7.44. The van der Waals surface area contributed by atoms with E-state index in [1.807, 2.05) is 13.8 Å². The maximum atomic E-state index is 11.7. The molecule has 0 aliphatic heterocycles. The van der Waals surface area contributed by atoms with E-state index >= 15 is 0 Å². The van der Waals surface area contributed by atoms with E-state index in [-0.39, 0.29) is 12.6 Å². The van der Waals surface area contributed by atoms with Crippen molar-refractivity contribution in [3.8, 4) is 0 Å². The highest BCUT2D eigenvalue weighted by molar-refractivity contribution is 5.75. The van der Waals surface area contributed by atoms with Crippen LogP contribution in [0.3, 0.4) is 0 Å². The Morgan fingerprint density at radius 1 is 1.32 bits per heavy atom. The molecule has 3 N–H and O–H groups in total. The SMILES string of the molecule is CCC(O)(CC)CCNC(=O)N(C)CC(C)C(=O)O. The predicted octanol–water partition coefficient (Wildman–Crippen LogP) is 1.29. The number of aliphatic carboxylic acids is 1. The molecule has 0 aromatic heterocycles. The van der Waals surface area contributed by atoms with Crippen molar-refractivity contribution in [1.82, 2.24) is 10.2 Å². The molecule has 0 saturated carbocycles. The Morgan fingerprint density at radius 2 is 1.84 bits per heavy atom. The second-order valence-corrected chi connectivity index (χ2v) is 5.03. The van der Waals surface area contributed by atoms with Crippen molar-refractivity contribution in [2.75, 3.05) is 20.1 Å². The minimum absolute atomic E-state index is 0.160. The van der Waals surface area contributed by atoms with Gasteiger partial charge in [0.1, 0.15) is 0 Å². The Morgan fingerprint density at radius 3 is 2.26 bits per heavy atom. The zero-order valence-corrected chi connectivity index (χ0v) is 12.3. The largest absolute Gasteiger partial charge is 0.481 e. The van der Waals surface area contributed by atoms with Gasteiger partial charge in [-0.15, -0.1) is 0 Å². The molecule has 1 unspecified atom stereocenters. The standard InChI is InChI=1S/C13H26N2O4/c1-5-13(19,6-2)7-8-14-12(18)15(4)9-10(3)11(16)17/h10,19H,5-9H2,1-4H3,(H,14,18)(H,16,17). The second-order valence-electron chi connectivity index (χ2n) is 5.03. The van der Waals surface area contributed by atoms with E-state index in [0.29, 0.717) is 25.8 Å². The van der Waals surface area contributed by atoms with Gasteiger partial charge in [-0.2, -0.15) is 0 Å². The molecule has 0 rings (SSSR count). The molecule has 19 heavy (non-hydrogen) atoms. The number of aliphatic hydroxyl groups is 1. The third-order valence-electron chi connectivity index (χ3n) is 3.50. The molecule has 2 amide bonds. The molecule has 0 saturated heterocycles. The van der Waals surface area contributed by atoms with Crippen molar-refractivity contribution in [3.63, 3.8) is 0 Å². The normalized spacial score (nSPS) is 12.9. The number of urea groups is 1. The summed E-state index contributed by atoms with van der Waals surface area (Å²) >= 11 is 0. The summed E-state index contributed by atoms with van der Waals surface area (Å²) in [5.74, 6) is -1.52. The maximum Gasteiger partial charge on any atom is 0.317 e. The van der Waals surface area contributed by atoms with Gasteiger partial charge in [0.25, 0.3) is 0 Å². The first-order valence-electron chi connectivity index (χ1n) is 6.70. The number of rotatable bonds is 8. The fourth-order valence-corrected chi connectivity index (χ4v) is 1.71. The number of nitrogens with zero attached hydrogens (tertiary/aromatic N) is 1. The monoisotopic (exact) mass is 274 g/mol. The van der Waals surface area contributed by atoms with Gasteiger partial charge in [0.15, 0.2) is 0 Å². The van der Waals surface area contributed by atoms with Gasteiger partial charge in [-0.05, 0) is 19.3 Å². The lowest BCUT2D eigenvalue weighted by Crippen LogP contribution is -2.42. The van der Waals surface area contributed by atoms with Crippen LogP contribution in [0.1, 0.15) is 40.0 Å². The summed E-state index contributed by atoms with van der Waals surface area (Å²) in [5, 5.41) is 21.5. The maximum absolute atomic E-state index is 11.7. The zero-order chi connectivity index (χ0) is 15.1. The first-order valence-corrected chi connectivity index (χ1v) is 6.70. The van der Waals surface area contributed by atoms with Crippen molar-refractivity contribution in [2.45, 2.75) is 45.6 Å². The third-order valence-corrected chi connectivity index (χ3v) is 3.50. The molecule has 0 aromatic carbocycles. The van der Waals surface area contributed by atoms with Gasteiger partial charge in [0.2, 0.25) is 0 Å². The molecule has 1 atom stereocenters. The number of carbonyl (C=O) groups is 2. The van der Waals surface area contributed by atoms with E-state index in [9.17, 15) is 14.7 Å². The van der Waals surface area contributed by atoms with Gasteiger partial charge >= 0.3 is 12.0 Å². The van der Waals surface area contributed by atoms with Crippen LogP contribution in [0.5, 0.6) is 0 Å². The highest BCUT2D eigenvalue weighted by Crippen LogP contribution is 2.18. The summed E-state index contributed by atoms with van der Waals surface area (Å²) in [7, 11) is 1.56. The molecular weight excluding hydrogens is 248 g/mol. The lowest BCUT2D eigenvalue weighted by molar-refractivity contribution is -0.141. The summed E-state index contributed by atoms with van der Waals surface area (Å²) in [6.07, 6.45) is 1.78. The van der Waals surface area contributed by atoms with Crippen LogP contribution in [-0.2, 0) is 4.79 Å². The fraction of sp³-hybridized carbons (Fsp3) is 0.846. The van der Waals surface area contributed by atoms with Crippen molar-refractivity contribution >= 4 is 12.0 Å². The quantitative estimate of drug-likeness (QED) is 0.622. The molecule has 0 aliphatic carbocycles. The highest BCUT2D eigenvalue weighted by atomic mass is 16.4. The van der Waals surface area contributed by atoms with E-state index in [2.05, 4.69) is 5.32 Å². The van der Waals surface area contributed by atoms with Crippen LogP contribution in [0.25, 0.3) is 0 Å². The minimum atomic E-state index is -0.925. The molecule has 0 fully saturated rings. The Bertz CT molecular complexity index is 303. The van der Waals surface area contributed by atoms with Crippen LogP contribution in [-0.4, -0.2) is 52.9 Å². The number of carboxylic acid groups (broad SMARTS) is 1. The molecular formula is C13H26N2O4. The van der Waals surface area contributed by atoms with E-state index in [1.165, 1.54) is 4.90 Å². The van der Waals surface area contributed by atoms with E-state index < -0.39 is 17.5 Å². The van der Waals surface area contributed by atoms with Gasteiger partial charge in [0, 0.05) is 20.1 Å². The minimum Gasteiger partial charge on any atom is -0.481 e. The Hall–Kier alpha value is -1.30. The van der Waals surface area contributed by atoms with E-state index in [4.69, 9.17) is 5.11 Å². The second kappa shape index (κ2) is 7.99. The van der Waals surface area contributed by atoms with Crippen LogP contribution in [0.4, 0.5) is 4.79 Å². The topological polar surface area (TPSA) is 89.9 Å². The van der Waals surface area contributed by atoms with Crippen molar-refractivity contribution in [3.05, 3.63) is 0 Å². The average molecular weight is 274 g/mol. The zero-order valence-electron chi connectivity index (χ0n) is 12.3. The first kappa shape index (κ1) is 17.7. The summed E-state index contributed by atoms with van der Waals surface area (Å²) in [5.41, 5.74) is -0.736. The summed E-state index contributed by atoms with van der Waals surface area (Å²) < 4.78 is 0. The van der Waals surface area contributed by atoms with E-state index in [1.54, 1.807) is 14.0 Å². The van der Waals surface area contributed by atoms with Crippen molar-refractivity contribution < 1.29 is 19.8 Å². The molecule has 0 aliphatic rings. The molecule has 112 valence electrons. The molecule has 0 spiro atoms. The van der Waals surface area contributed by atoms with Crippen LogP contribution in [0.2, 0.25) is 0 Å². The average Bonchev–Trinajstić information content (AvgIpc) is 2.37. The number of carboxylic acids is 1. The van der Waals surface area contributed by atoms with Gasteiger partial charge in [0.05, 0.1) is 11.5 Å². The number of carbonyl (C=O) groups excluding carboxylic acids is 1. The Balaban J connectivity index is 4.08. The third kappa shape index (κ3) is 6.42. The van der Waals surface area contributed by atoms with Gasteiger partial charge < -0.3 is 20.4 Å². The smallest absolute Gasteiger partial charge is 0.317 e. The molecule has 0 aromatic rings. The van der Waals surface area contributed by atoms with Crippen LogP contribution >= 0.6 is 0 Å².